The molecule has 1 aromatic heterocycles. The molecule has 0 unspecified atom stereocenters. The molecule has 2 N–H and O–H groups in total. The molecule has 3 aromatic rings. The molecule has 0 aliphatic carbocycles. The Balaban J connectivity index is 1.71. The lowest BCUT2D eigenvalue weighted by atomic mass is 10.0. The summed E-state index contributed by atoms with van der Waals surface area (Å²) in [4.78, 5) is 25.4. The largest absolute Gasteiger partial charge is 0.497 e. The van der Waals surface area contributed by atoms with E-state index in [2.05, 4.69) is 20.8 Å². The van der Waals surface area contributed by atoms with Gasteiger partial charge in [-0.1, -0.05) is 54.9 Å². The molecule has 1 atom stereocenters. The van der Waals surface area contributed by atoms with E-state index in [1.54, 1.807) is 43.5 Å². The maximum Gasteiger partial charge on any atom is 0.251 e. The van der Waals surface area contributed by atoms with Crippen molar-refractivity contribution in [3.8, 4) is 5.75 Å². The topological polar surface area (TPSA) is 98.1 Å². The Labute approximate surface area is 218 Å². The fourth-order valence-electron chi connectivity index (χ4n) is 3.35. The molecule has 2 amide bonds. The number of hydrogen-bond donors (Lipinski definition) is 2. The molecule has 0 saturated carbocycles. The Hall–Kier alpha value is -2.75. The van der Waals surface area contributed by atoms with E-state index in [4.69, 9.17) is 27.9 Å². The highest BCUT2D eigenvalue weighted by Crippen LogP contribution is 2.27. The van der Waals surface area contributed by atoms with Gasteiger partial charge in [0.15, 0.2) is 11.0 Å². The minimum atomic E-state index is -0.399. The van der Waals surface area contributed by atoms with Crippen LogP contribution in [0.15, 0.2) is 47.6 Å². The van der Waals surface area contributed by atoms with Crippen molar-refractivity contribution in [3.63, 3.8) is 0 Å². The maximum atomic E-state index is 12.9. The minimum Gasteiger partial charge on any atom is -0.497 e. The van der Waals surface area contributed by atoms with Crippen LogP contribution in [0.1, 0.15) is 43.0 Å². The van der Waals surface area contributed by atoms with Crippen LogP contribution in [0.25, 0.3) is 0 Å². The Bertz CT molecular complexity index is 1200. The van der Waals surface area contributed by atoms with Crippen molar-refractivity contribution in [2.45, 2.75) is 38.5 Å². The fourth-order valence-corrected chi connectivity index (χ4v) is 4.46. The number of nitrogens with zero attached hydrogens (tertiary/aromatic N) is 3. The highest BCUT2D eigenvalue weighted by Gasteiger charge is 2.26. The van der Waals surface area contributed by atoms with E-state index in [1.165, 1.54) is 17.8 Å². The number of ether oxygens (including phenoxy) is 1. The van der Waals surface area contributed by atoms with Gasteiger partial charge in [0.25, 0.3) is 5.91 Å². The third kappa shape index (κ3) is 6.90. The minimum absolute atomic E-state index is 0.0328. The predicted molar refractivity (Wildman–Crippen MR) is 140 cm³/mol. The number of halogens is 2. The summed E-state index contributed by atoms with van der Waals surface area (Å²) in [6.07, 6.45) is 0. The zero-order valence-electron chi connectivity index (χ0n) is 19.8. The van der Waals surface area contributed by atoms with Crippen molar-refractivity contribution in [2.75, 3.05) is 18.2 Å². The Kier molecular flexibility index (Phi) is 9.42. The van der Waals surface area contributed by atoms with E-state index in [0.29, 0.717) is 44.6 Å². The second kappa shape index (κ2) is 12.3. The number of benzene rings is 2. The van der Waals surface area contributed by atoms with Gasteiger partial charge in [-0.3, -0.25) is 9.59 Å². The molecule has 8 nitrogen and oxygen atoms in total. The van der Waals surface area contributed by atoms with E-state index in [-0.39, 0.29) is 23.5 Å². The molecule has 0 spiro atoms. The Morgan fingerprint density at radius 3 is 2.54 bits per heavy atom. The predicted octanol–water partition coefficient (Wildman–Crippen LogP) is 5.47. The lowest BCUT2D eigenvalue weighted by Crippen LogP contribution is -2.33. The average Bonchev–Trinajstić information content (AvgIpc) is 3.25. The molecule has 0 radical (unpaired) electrons. The number of carbonyl (C=O) groups excluding carboxylic acids is 2. The van der Waals surface area contributed by atoms with Crippen LogP contribution in [-0.4, -0.2) is 39.4 Å². The van der Waals surface area contributed by atoms with Gasteiger partial charge in [0, 0.05) is 23.9 Å². The number of carbonyl (C=O) groups is 2. The summed E-state index contributed by atoms with van der Waals surface area (Å²) in [7, 11) is 1.57. The molecule has 3 rings (SSSR count). The first-order chi connectivity index (χ1) is 16.7. The molecule has 1 heterocycles. The summed E-state index contributed by atoms with van der Waals surface area (Å²) in [5, 5.41) is 15.8. The normalized spacial score (nSPS) is 11.9. The summed E-state index contributed by atoms with van der Waals surface area (Å²) in [6, 6.07) is 11.5. The summed E-state index contributed by atoms with van der Waals surface area (Å²) in [6.45, 7) is 6.52. The zero-order valence-corrected chi connectivity index (χ0v) is 22.2. The summed E-state index contributed by atoms with van der Waals surface area (Å²) < 4.78 is 7.09. The van der Waals surface area contributed by atoms with E-state index < -0.39 is 6.04 Å². The standard InChI is InChI=1S/C24H27Cl2N5O3S/c1-5-31-22(21(14(2)3)28-23(33)15-9-10-18(25)19(26)11-15)29-30-24(31)35-13-20(32)27-16-7-6-8-17(12-16)34-4/h6-12,14,21H,5,13H2,1-4H3,(H,27,32)(H,28,33)/t21-/m0/s1. The van der Waals surface area contributed by atoms with Crippen molar-refractivity contribution < 1.29 is 14.3 Å². The number of nitrogens with one attached hydrogen (secondary N) is 2. The zero-order chi connectivity index (χ0) is 25.5. The van der Waals surface area contributed by atoms with Gasteiger partial charge in [-0.15, -0.1) is 10.2 Å². The number of thioether (sulfide) groups is 1. The smallest absolute Gasteiger partial charge is 0.251 e. The van der Waals surface area contributed by atoms with E-state index in [1.807, 2.05) is 25.3 Å². The van der Waals surface area contributed by atoms with Crippen LogP contribution in [-0.2, 0) is 11.3 Å². The second-order valence-corrected chi connectivity index (χ2v) is 9.73. The number of anilines is 1. The number of amides is 2. The molecule has 35 heavy (non-hydrogen) atoms. The molecule has 0 fully saturated rings. The van der Waals surface area contributed by atoms with Crippen LogP contribution < -0.4 is 15.4 Å². The van der Waals surface area contributed by atoms with Crippen LogP contribution in [0.5, 0.6) is 5.75 Å². The number of aromatic nitrogens is 3. The SMILES string of the molecule is CCn1c(SCC(=O)Nc2cccc(OC)c2)nnc1[C@@H](NC(=O)c1ccc(Cl)c(Cl)c1)C(C)C. The first-order valence-corrected chi connectivity index (χ1v) is 12.7. The first kappa shape index (κ1) is 26.8. The molecular weight excluding hydrogens is 509 g/mol. The molecule has 11 heteroatoms. The quantitative estimate of drug-likeness (QED) is 0.334. The van der Waals surface area contributed by atoms with E-state index in [0.717, 1.165) is 0 Å². The van der Waals surface area contributed by atoms with Crippen LogP contribution in [0.4, 0.5) is 5.69 Å². The lowest BCUT2D eigenvalue weighted by molar-refractivity contribution is -0.113. The number of rotatable bonds is 10. The summed E-state index contributed by atoms with van der Waals surface area (Å²) in [5.41, 5.74) is 1.05. The Morgan fingerprint density at radius 1 is 1.11 bits per heavy atom. The molecular formula is C24H27Cl2N5O3S. The second-order valence-electron chi connectivity index (χ2n) is 7.98. The number of methoxy groups -OCH3 is 1. The monoisotopic (exact) mass is 535 g/mol. The summed E-state index contributed by atoms with van der Waals surface area (Å²) >= 11 is 13.3. The van der Waals surface area contributed by atoms with Gasteiger partial charge >= 0.3 is 0 Å². The Morgan fingerprint density at radius 2 is 1.89 bits per heavy atom. The maximum absolute atomic E-state index is 12.9. The van der Waals surface area contributed by atoms with Crippen LogP contribution >= 0.6 is 35.0 Å². The van der Waals surface area contributed by atoms with Crippen LogP contribution in [0.3, 0.4) is 0 Å². The average molecular weight is 536 g/mol. The van der Waals surface area contributed by atoms with E-state index in [9.17, 15) is 9.59 Å². The molecule has 2 aromatic carbocycles. The first-order valence-electron chi connectivity index (χ1n) is 11.0. The van der Waals surface area contributed by atoms with Crippen LogP contribution in [0.2, 0.25) is 10.0 Å². The fraction of sp³-hybridized carbons (Fsp3) is 0.333. The van der Waals surface area contributed by atoms with Crippen LogP contribution in [0, 0.1) is 5.92 Å². The molecule has 0 bridgehead atoms. The third-order valence-corrected chi connectivity index (χ3v) is 6.87. The van der Waals surface area contributed by atoms with Gasteiger partial charge in [0.1, 0.15) is 5.75 Å². The van der Waals surface area contributed by atoms with Crippen molar-refractivity contribution in [1.29, 1.82) is 0 Å². The van der Waals surface area contributed by atoms with Gasteiger partial charge in [-0.2, -0.15) is 0 Å². The van der Waals surface area contributed by atoms with Gasteiger partial charge in [-0.25, -0.2) is 0 Å². The lowest BCUT2D eigenvalue weighted by Gasteiger charge is -2.22. The van der Waals surface area contributed by atoms with Crippen molar-refractivity contribution in [3.05, 3.63) is 63.9 Å². The highest BCUT2D eigenvalue weighted by atomic mass is 35.5. The van der Waals surface area contributed by atoms with E-state index >= 15 is 0 Å². The van der Waals surface area contributed by atoms with Gasteiger partial charge in [-0.05, 0) is 43.2 Å². The molecule has 0 saturated heterocycles. The van der Waals surface area contributed by atoms with Gasteiger partial charge < -0.3 is 19.9 Å². The number of hydrogen-bond acceptors (Lipinski definition) is 6. The highest BCUT2D eigenvalue weighted by molar-refractivity contribution is 7.99. The van der Waals surface area contributed by atoms with Crippen molar-refractivity contribution in [2.24, 2.45) is 5.92 Å². The molecule has 0 aliphatic heterocycles. The molecule has 186 valence electrons. The van der Waals surface area contributed by atoms with Gasteiger partial charge in [0.2, 0.25) is 5.91 Å². The van der Waals surface area contributed by atoms with Gasteiger partial charge in [0.05, 0.1) is 28.9 Å². The summed E-state index contributed by atoms with van der Waals surface area (Å²) in [5.74, 6) is 0.992. The third-order valence-electron chi connectivity index (χ3n) is 5.16. The molecule has 0 aliphatic rings. The van der Waals surface area contributed by atoms with Crippen molar-refractivity contribution in [1.82, 2.24) is 20.1 Å². The van der Waals surface area contributed by atoms with Crippen molar-refractivity contribution >= 4 is 52.5 Å².